The van der Waals surface area contributed by atoms with Crippen LogP contribution in [0.25, 0.3) is 6.08 Å². The molecule has 0 aromatic heterocycles. The number of nitrogens with zero attached hydrogens (tertiary/aromatic N) is 1. The van der Waals surface area contributed by atoms with Gasteiger partial charge in [-0.05, 0) is 55.4 Å². The predicted molar refractivity (Wildman–Crippen MR) is 109 cm³/mol. The first-order valence-corrected chi connectivity index (χ1v) is 10.0. The zero-order chi connectivity index (χ0) is 18.6. The topological polar surface area (TPSA) is 29.5 Å². The van der Waals surface area contributed by atoms with Gasteiger partial charge in [0, 0.05) is 19.2 Å². The molecule has 2 rings (SSSR count). The Morgan fingerprint density at radius 3 is 2.42 bits per heavy atom. The number of methoxy groups -OCH3 is 1. The lowest BCUT2D eigenvalue weighted by Gasteiger charge is -2.25. The Hall–Kier alpha value is -2.03. The van der Waals surface area contributed by atoms with Crippen LogP contribution >= 0.6 is 0 Å². The normalized spacial score (nSPS) is 15.5. The van der Waals surface area contributed by atoms with Crippen molar-refractivity contribution in [3.05, 3.63) is 47.6 Å². The average Bonchev–Trinajstić information content (AvgIpc) is 2.70. The second-order valence-electron chi connectivity index (χ2n) is 7.02. The number of hydrogen-bond donors (Lipinski definition) is 0. The molecule has 0 radical (unpaired) electrons. The van der Waals surface area contributed by atoms with E-state index >= 15 is 0 Å². The first-order chi connectivity index (χ1) is 12.7. The van der Waals surface area contributed by atoms with Crippen LogP contribution in [0.2, 0.25) is 0 Å². The van der Waals surface area contributed by atoms with E-state index < -0.39 is 0 Å². The number of piperidine rings is 1. The Morgan fingerprint density at radius 2 is 1.77 bits per heavy atom. The van der Waals surface area contributed by atoms with Crippen molar-refractivity contribution in [2.24, 2.45) is 0 Å². The maximum atomic E-state index is 12.4. The zero-order valence-electron chi connectivity index (χ0n) is 16.4. The van der Waals surface area contributed by atoms with Crippen LogP contribution in [-0.2, 0) is 4.79 Å². The van der Waals surface area contributed by atoms with Crippen molar-refractivity contribution < 1.29 is 9.53 Å². The third-order valence-electron chi connectivity index (χ3n) is 4.89. The largest absolute Gasteiger partial charge is 0.497 e. The summed E-state index contributed by atoms with van der Waals surface area (Å²) in [5, 5.41) is 0. The smallest absolute Gasteiger partial charge is 0.246 e. The van der Waals surface area contributed by atoms with Gasteiger partial charge in [-0.15, -0.1) is 0 Å². The summed E-state index contributed by atoms with van der Waals surface area (Å²) >= 11 is 0. The lowest BCUT2D eigenvalue weighted by Crippen LogP contribution is -2.34. The summed E-state index contributed by atoms with van der Waals surface area (Å²) in [5.74, 6) is 1.02. The van der Waals surface area contributed by atoms with E-state index in [1.165, 1.54) is 31.3 Å². The maximum Gasteiger partial charge on any atom is 0.246 e. The molecule has 142 valence electrons. The van der Waals surface area contributed by atoms with Gasteiger partial charge in [0.15, 0.2) is 0 Å². The van der Waals surface area contributed by atoms with Crippen molar-refractivity contribution >= 4 is 12.0 Å². The number of likely N-dealkylation sites (tertiary alicyclic amines) is 1. The minimum atomic E-state index is 0.152. The van der Waals surface area contributed by atoms with Crippen LogP contribution in [0.15, 0.2) is 42.0 Å². The number of allylic oxidation sites excluding steroid dienone is 2. The summed E-state index contributed by atoms with van der Waals surface area (Å²) in [4.78, 5) is 14.4. The Kier molecular flexibility index (Phi) is 9.02. The van der Waals surface area contributed by atoms with Crippen LogP contribution in [0.4, 0.5) is 0 Å². The van der Waals surface area contributed by atoms with Crippen LogP contribution in [0, 0.1) is 0 Å². The van der Waals surface area contributed by atoms with E-state index in [1.807, 2.05) is 23.1 Å². The molecule has 0 saturated carbocycles. The van der Waals surface area contributed by atoms with Crippen molar-refractivity contribution in [2.45, 2.75) is 58.3 Å². The summed E-state index contributed by atoms with van der Waals surface area (Å²) in [6, 6.07) is 8.07. The standard InChI is InChI=1S/C23H33NO2/c1-3-4-5-7-10-20(19-21-11-14-22(26-2)15-12-21)13-16-23(25)24-17-8-6-9-18-24/h11-16,19H,3-10,17-18H2,1-2H3. The fraction of sp³-hybridized carbons (Fsp3) is 0.522. The molecule has 1 aliphatic rings. The minimum Gasteiger partial charge on any atom is -0.497 e. The third kappa shape index (κ3) is 7.07. The number of carbonyl (C=O) groups is 1. The maximum absolute atomic E-state index is 12.4. The Bertz CT molecular complexity index is 595. The molecule has 1 saturated heterocycles. The highest BCUT2D eigenvalue weighted by atomic mass is 16.5. The highest BCUT2D eigenvalue weighted by Crippen LogP contribution is 2.19. The third-order valence-corrected chi connectivity index (χ3v) is 4.89. The Balaban J connectivity index is 2.04. The molecule has 3 heteroatoms. The van der Waals surface area contributed by atoms with E-state index in [2.05, 4.69) is 25.1 Å². The van der Waals surface area contributed by atoms with Crippen molar-refractivity contribution in [3.63, 3.8) is 0 Å². The molecule has 1 amide bonds. The van der Waals surface area contributed by atoms with E-state index in [9.17, 15) is 4.79 Å². The minimum absolute atomic E-state index is 0.152. The molecule has 0 spiro atoms. The van der Waals surface area contributed by atoms with Gasteiger partial charge in [-0.25, -0.2) is 0 Å². The van der Waals surface area contributed by atoms with Gasteiger partial charge >= 0.3 is 0 Å². The monoisotopic (exact) mass is 355 g/mol. The second-order valence-corrected chi connectivity index (χ2v) is 7.02. The van der Waals surface area contributed by atoms with Gasteiger partial charge < -0.3 is 9.64 Å². The molecular weight excluding hydrogens is 322 g/mol. The lowest BCUT2D eigenvalue weighted by molar-refractivity contribution is -0.126. The predicted octanol–water partition coefficient (Wildman–Crippen LogP) is 5.62. The van der Waals surface area contributed by atoms with Gasteiger partial charge in [-0.1, -0.05) is 50.5 Å². The van der Waals surface area contributed by atoms with Crippen LogP contribution < -0.4 is 4.74 Å². The Labute approximate surface area is 158 Å². The quantitative estimate of drug-likeness (QED) is 0.327. The fourth-order valence-corrected chi connectivity index (χ4v) is 3.27. The Morgan fingerprint density at radius 1 is 1.04 bits per heavy atom. The van der Waals surface area contributed by atoms with Crippen molar-refractivity contribution in [1.82, 2.24) is 4.90 Å². The van der Waals surface area contributed by atoms with Gasteiger partial charge in [0.1, 0.15) is 5.75 Å². The van der Waals surface area contributed by atoms with Crippen LogP contribution in [0.3, 0.4) is 0 Å². The summed E-state index contributed by atoms with van der Waals surface area (Å²) in [7, 11) is 1.68. The van der Waals surface area contributed by atoms with E-state index in [4.69, 9.17) is 4.74 Å². The molecule has 0 N–H and O–H groups in total. The number of rotatable bonds is 9. The SMILES string of the molecule is CCCCCCC(C=CC(=O)N1CCCCC1)=Cc1ccc(OC)cc1. The van der Waals surface area contributed by atoms with Gasteiger partial charge in [0.2, 0.25) is 5.91 Å². The van der Waals surface area contributed by atoms with E-state index in [-0.39, 0.29) is 5.91 Å². The number of hydrogen-bond acceptors (Lipinski definition) is 2. The van der Waals surface area contributed by atoms with Crippen LogP contribution in [0.5, 0.6) is 5.75 Å². The highest BCUT2D eigenvalue weighted by Gasteiger charge is 2.13. The molecule has 1 aromatic carbocycles. The number of unbranched alkanes of at least 4 members (excludes halogenated alkanes) is 3. The summed E-state index contributed by atoms with van der Waals surface area (Å²) < 4.78 is 5.23. The molecule has 1 aromatic rings. The summed E-state index contributed by atoms with van der Waals surface area (Å²) in [6.45, 7) is 4.03. The zero-order valence-corrected chi connectivity index (χ0v) is 16.4. The molecule has 3 nitrogen and oxygen atoms in total. The van der Waals surface area contributed by atoms with Crippen molar-refractivity contribution in [2.75, 3.05) is 20.2 Å². The van der Waals surface area contributed by atoms with Gasteiger partial charge in [0.25, 0.3) is 0 Å². The highest BCUT2D eigenvalue weighted by molar-refractivity contribution is 5.88. The molecule has 0 atom stereocenters. The van der Waals surface area contributed by atoms with Crippen LogP contribution in [0.1, 0.15) is 63.9 Å². The number of carbonyl (C=O) groups excluding carboxylic acids is 1. The molecular formula is C23H33NO2. The number of benzene rings is 1. The average molecular weight is 356 g/mol. The second kappa shape index (κ2) is 11.6. The lowest BCUT2D eigenvalue weighted by atomic mass is 10.0. The van der Waals surface area contributed by atoms with E-state index in [0.717, 1.165) is 50.1 Å². The molecule has 1 heterocycles. The van der Waals surface area contributed by atoms with E-state index in [1.54, 1.807) is 13.2 Å². The molecule has 26 heavy (non-hydrogen) atoms. The van der Waals surface area contributed by atoms with E-state index in [0.29, 0.717) is 0 Å². The molecule has 1 aliphatic heterocycles. The molecule has 1 fully saturated rings. The van der Waals surface area contributed by atoms with Gasteiger partial charge in [-0.3, -0.25) is 4.79 Å². The molecule has 0 aliphatic carbocycles. The molecule has 0 bridgehead atoms. The van der Waals surface area contributed by atoms with Crippen molar-refractivity contribution in [1.29, 1.82) is 0 Å². The first kappa shape index (κ1) is 20.3. The molecule has 0 unspecified atom stereocenters. The van der Waals surface area contributed by atoms with Gasteiger partial charge in [-0.2, -0.15) is 0 Å². The van der Waals surface area contributed by atoms with Gasteiger partial charge in [0.05, 0.1) is 7.11 Å². The van der Waals surface area contributed by atoms with Crippen molar-refractivity contribution in [3.8, 4) is 5.75 Å². The number of amides is 1. The van der Waals surface area contributed by atoms with Crippen LogP contribution in [-0.4, -0.2) is 31.0 Å². The summed E-state index contributed by atoms with van der Waals surface area (Å²) in [6.07, 6.45) is 15.4. The number of ether oxygens (including phenoxy) is 1. The fourth-order valence-electron chi connectivity index (χ4n) is 3.27. The summed E-state index contributed by atoms with van der Waals surface area (Å²) in [5.41, 5.74) is 2.36. The first-order valence-electron chi connectivity index (χ1n) is 10.0.